The van der Waals surface area contributed by atoms with Crippen LogP contribution in [0.25, 0.3) is 0 Å². The van der Waals surface area contributed by atoms with Crippen LogP contribution in [0, 0.1) is 5.92 Å². The van der Waals surface area contributed by atoms with E-state index in [2.05, 4.69) is 0 Å². The average molecular weight is 166 g/mol. The molecule has 0 saturated carbocycles. The third-order valence-electron chi connectivity index (χ3n) is 1.61. The van der Waals surface area contributed by atoms with Crippen molar-refractivity contribution in [3.8, 4) is 0 Å². The maximum Gasteiger partial charge on any atom is 0.394 e. The van der Waals surface area contributed by atoms with Crippen LogP contribution >= 0.6 is 0 Å². The largest absolute Gasteiger partial charge is 0.394 e. The molecule has 0 aromatic carbocycles. The molecule has 0 radical (unpaired) electrons. The molecule has 11 heavy (non-hydrogen) atoms. The third-order valence-corrected chi connectivity index (χ3v) is 1.61. The summed E-state index contributed by atoms with van der Waals surface area (Å²) >= 11 is 0. The lowest BCUT2D eigenvalue weighted by Gasteiger charge is -2.11. The Bertz CT molecular complexity index is 144. The molecule has 0 aliphatic heterocycles. The van der Waals surface area contributed by atoms with Crippen molar-refractivity contribution >= 4 is 0 Å². The molecule has 0 spiro atoms. The number of hydrogen-bond acceptors (Lipinski definition) is 0. The Balaban J connectivity index is 4.17. The maximum atomic E-state index is 11.9. The fraction of sp³-hybridized carbons (Fsp3) is 0.750. The van der Waals surface area contributed by atoms with Crippen LogP contribution in [-0.2, 0) is 0 Å². The first-order valence-corrected chi connectivity index (χ1v) is 3.62. The highest BCUT2D eigenvalue weighted by Crippen LogP contribution is 2.27. The van der Waals surface area contributed by atoms with Crippen molar-refractivity contribution < 1.29 is 13.2 Å². The summed E-state index contributed by atoms with van der Waals surface area (Å²) in [5.74, 6) is -1.32. The van der Waals surface area contributed by atoms with E-state index in [-0.39, 0.29) is 0 Å². The Kier molecular flexibility index (Phi) is 3.63. The van der Waals surface area contributed by atoms with Crippen molar-refractivity contribution in [2.24, 2.45) is 5.92 Å². The van der Waals surface area contributed by atoms with Gasteiger partial charge in [-0.25, -0.2) is 0 Å². The first-order chi connectivity index (χ1) is 4.88. The Morgan fingerprint density at radius 1 is 1.45 bits per heavy atom. The smallest absolute Gasteiger partial charge is 0.170 e. The molecular weight excluding hydrogens is 153 g/mol. The highest BCUT2D eigenvalue weighted by Gasteiger charge is 2.33. The van der Waals surface area contributed by atoms with Crippen molar-refractivity contribution in [2.75, 3.05) is 0 Å². The second kappa shape index (κ2) is 3.79. The van der Waals surface area contributed by atoms with E-state index < -0.39 is 12.1 Å². The Morgan fingerprint density at radius 3 is 2.18 bits per heavy atom. The first kappa shape index (κ1) is 10.5. The third kappa shape index (κ3) is 4.06. The summed E-state index contributed by atoms with van der Waals surface area (Å²) in [6.45, 7) is 4.72. The molecule has 0 aliphatic rings. The van der Waals surface area contributed by atoms with Gasteiger partial charge >= 0.3 is 6.18 Å². The molecule has 0 heterocycles. The summed E-state index contributed by atoms with van der Waals surface area (Å²) in [7, 11) is 0. The minimum atomic E-state index is -4.09. The molecule has 0 aromatic rings. The second-order valence-corrected chi connectivity index (χ2v) is 2.70. The SMILES string of the molecule is CC/C(C)=C/C(C)C(F)(F)F. The normalized spacial score (nSPS) is 16.7. The van der Waals surface area contributed by atoms with Crippen LogP contribution < -0.4 is 0 Å². The van der Waals surface area contributed by atoms with Crippen LogP contribution in [0.1, 0.15) is 27.2 Å². The van der Waals surface area contributed by atoms with Crippen LogP contribution in [-0.4, -0.2) is 6.18 Å². The quantitative estimate of drug-likeness (QED) is 0.550. The van der Waals surface area contributed by atoms with Crippen LogP contribution in [0.4, 0.5) is 13.2 Å². The van der Waals surface area contributed by atoms with Gasteiger partial charge in [-0.1, -0.05) is 25.5 Å². The van der Waals surface area contributed by atoms with Gasteiger partial charge in [-0.2, -0.15) is 13.2 Å². The fourth-order valence-electron chi connectivity index (χ4n) is 0.639. The van der Waals surface area contributed by atoms with Gasteiger partial charge in [0.25, 0.3) is 0 Å². The molecule has 0 bridgehead atoms. The summed E-state index contributed by atoms with van der Waals surface area (Å²) in [6, 6.07) is 0. The van der Waals surface area contributed by atoms with Gasteiger partial charge in [-0.3, -0.25) is 0 Å². The summed E-state index contributed by atoms with van der Waals surface area (Å²) in [5, 5.41) is 0. The van der Waals surface area contributed by atoms with Gasteiger partial charge in [-0.05, 0) is 13.3 Å². The van der Waals surface area contributed by atoms with E-state index in [1.54, 1.807) is 6.92 Å². The molecule has 0 amide bonds. The average Bonchev–Trinajstić information content (AvgIpc) is 1.85. The molecule has 0 aliphatic carbocycles. The van der Waals surface area contributed by atoms with Crippen molar-refractivity contribution in [3.05, 3.63) is 11.6 Å². The van der Waals surface area contributed by atoms with Gasteiger partial charge in [0.2, 0.25) is 0 Å². The van der Waals surface area contributed by atoms with E-state index in [4.69, 9.17) is 0 Å². The summed E-state index contributed by atoms with van der Waals surface area (Å²) in [6.07, 6.45) is -2.14. The molecule has 66 valence electrons. The van der Waals surface area contributed by atoms with E-state index >= 15 is 0 Å². The fourth-order valence-corrected chi connectivity index (χ4v) is 0.639. The highest BCUT2D eigenvalue weighted by atomic mass is 19.4. The first-order valence-electron chi connectivity index (χ1n) is 3.62. The lowest BCUT2D eigenvalue weighted by atomic mass is 10.1. The minimum Gasteiger partial charge on any atom is -0.170 e. The van der Waals surface area contributed by atoms with E-state index in [0.29, 0.717) is 6.42 Å². The van der Waals surface area contributed by atoms with E-state index in [9.17, 15) is 13.2 Å². The maximum absolute atomic E-state index is 11.9. The molecule has 0 saturated heterocycles. The molecule has 0 aromatic heterocycles. The van der Waals surface area contributed by atoms with Crippen LogP contribution in [0.3, 0.4) is 0 Å². The van der Waals surface area contributed by atoms with Gasteiger partial charge in [0.15, 0.2) is 0 Å². The number of hydrogen-bond donors (Lipinski definition) is 0. The van der Waals surface area contributed by atoms with Gasteiger partial charge < -0.3 is 0 Å². The zero-order valence-electron chi connectivity index (χ0n) is 7.00. The summed E-state index contributed by atoms with van der Waals surface area (Å²) in [4.78, 5) is 0. The molecule has 0 nitrogen and oxygen atoms in total. The zero-order valence-corrected chi connectivity index (χ0v) is 7.00. The van der Waals surface area contributed by atoms with Crippen molar-refractivity contribution in [2.45, 2.75) is 33.4 Å². The molecule has 1 atom stereocenters. The lowest BCUT2D eigenvalue weighted by molar-refractivity contribution is -0.156. The number of alkyl halides is 3. The van der Waals surface area contributed by atoms with Crippen molar-refractivity contribution in [3.63, 3.8) is 0 Å². The molecule has 0 rings (SSSR count). The summed E-state index contributed by atoms with van der Waals surface area (Å²) < 4.78 is 35.7. The van der Waals surface area contributed by atoms with E-state index in [1.807, 2.05) is 6.92 Å². The van der Waals surface area contributed by atoms with Crippen LogP contribution in [0.15, 0.2) is 11.6 Å². The lowest BCUT2D eigenvalue weighted by Crippen LogP contribution is -2.17. The van der Waals surface area contributed by atoms with Crippen LogP contribution in [0.2, 0.25) is 0 Å². The Morgan fingerprint density at radius 2 is 1.91 bits per heavy atom. The van der Waals surface area contributed by atoms with Gasteiger partial charge in [-0.15, -0.1) is 0 Å². The van der Waals surface area contributed by atoms with Crippen molar-refractivity contribution in [1.29, 1.82) is 0 Å². The second-order valence-electron chi connectivity index (χ2n) is 2.70. The van der Waals surface area contributed by atoms with Crippen molar-refractivity contribution in [1.82, 2.24) is 0 Å². The molecule has 0 N–H and O–H groups in total. The predicted molar refractivity (Wildman–Crippen MR) is 39.3 cm³/mol. The standard InChI is InChI=1S/C8H13F3/c1-4-6(2)5-7(3)8(9,10)11/h5,7H,4H2,1-3H3/b6-5+. The Labute approximate surface area is 65.1 Å². The predicted octanol–water partition coefficient (Wildman–Crippen LogP) is 3.54. The highest BCUT2D eigenvalue weighted by molar-refractivity contribution is 5.00. The van der Waals surface area contributed by atoms with E-state index in [1.165, 1.54) is 13.0 Å². The van der Waals surface area contributed by atoms with Crippen LogP contribution in [0.5, 0.6) is 0 Å². The van der Waals surface area contributed by atoms with E-state index in [0.717, 1.165) is 5.57 Å². The zero-order chi connectivity index (χ0) is 9.07. The molecule has 0 fully saturated rings. The molecular formula is C8H13F3. The van der Waals surface area contributed by atoms with Gasteiger partial charge in [0, 0.05) is 0 Å². The topological polar surface area (TPSA) is 0 Å². The number of allylic oxidation sites excluding steroid dienone is 2. The molecule has 1 unspecified atom stereocenters. The molecule has 3 heteroatoms. The summed E-state index contributed by atoms with van der Waals surface area (Å²) in [5.41, 5.74) is 0.787. The Hall–Kier alpha value is -0.470. The number of halogens is 3. The van der Waals surface area contributed by atoms with Gasteiger partial charge in [0.05, 0.1) is 5.92 Å². The monoisotopic (exact) mass is 166 g/mol. The minimum absolute atomic E-state index is 0.681. The number of rotatable bonds is 2. The van der Waals surface area contributed by atoms with Gasteiger partial charge in [0.1, 0.15) is 0 Å².